The summed E-state index contributed by atoms with van der Waals surface area (Å²) < 4.78 is 5.37. The standard InChI is InChI=1S/C21H17N3O3/c1-14(18-9-6-12-27-18)23-13-17-15-7-2-3-8-16(15)20(25)24(21(17)26)19-10-4-5-11-22-19/h2-14,17H,1H3/t14-,17?/m0/s1. The smallest absolute Gasteiger partial charge is 0.266 e. The van der Waals surface area contributed by atoms with E-state index >= 15 is 0 Å². The Bertz CT molecular complexity index is 997. The van der Waals surface area contributed by atoms with Gasteiger partial charge in [-0.1, -0.05) is 24.3 Å². The fraction of sp³-hybridized carbons (Fsp3) is 0.143. The molecule has 3 heterocycles. The van der Waals surface area contributed by atoms with Crippen LogP contribution in [0.1, 0.15) is 40.6 Å². The van der Waals surface area contributed by atoms with Crippen LogP contribution < -0.4 is 4.90 Å². The van der Waals surface area contributed by atoms with E-state index in [2.05, 4.69) is 9.98 Å². The van der Waals surface area contributed by atoms with Crippen molar-refractivity contribution in [2.24, 2.45) is 4.99 Å². The summed E-state index contributed by atoms with van der Waals surface area (Å²) >= 11 is 0. The van der Waals surface area contributed by atoms with E-state index in [1.54, 1.807) is 61.1 Å². The molecule has 6 heteroatoms. The van der Waals surface area contributed by atoms with Crippen LogP contribution >= 0.6 is 0 Å². The first-order chi connectivity index (χ1) is 13.2. The first kappa shape index (κ1) is 16.9. The SMILES string of the molecule is C[C@H](N=CC1C(=O)N(c2ccccn2)C(=O)c2ccccc21)c1ccco1. The van der Waals surface area contributed by atoms with E-state index in [-0.39, 0.29) is 17.9 Å². The van der Waals surface area contributed by atoms with Crippen molar-refractivity contribution >= 4 is 23.8 Å². The molecule has 3 aromatic rings. The Morgan fingerprint density at radius 2 is 1.93 bits per heavy atom. The topological polar surface area (TPSA) is 75.8 Å². The number of carbonyl (C=O) groups is 2. The number of imide groups is 1. The van der Waals surface area contributed by atoms with E-state index < -0.39 is 5.92 Å². The van der Waals surface area contributed by atoms with Crippen molar-refractivity contribution in [1.82, 2.24) is 4.98 Å². The number of carbonyl (C=O) groups excluding carboxylic acids is 2. The van der Waals surface area contributed by atoms with Crippen molar-refractivity contribution in [1.29, 1.82) is 0 Å². The Morgan fingerprint density at radius 3 is 2.67 bits per heavy atom. The van der Waals surface area contributed by atoms with E-state index in [9.17, 15) is 9.59 Å². The minimum Gasteiger partial charge on any atom is -0.467 e. The van der Waals surface area contributed by atoms with Gasteiger partial charge in [-0.15, -0.1) is 0 Å². The third-order valence-corrected chi connectivity index (χ3v) is 4.51. The first-order valence-electron chi connectivity index (χ1n) is 8.62. The summed E-state index contributed by atoms with van der Waals surface area (Å²) in [5.41, 5.74) is 1.12. The van der Waals surface area contributed by atoms with Crippen molar-refractivity contribution in [3.8, 4) is 0 Å². The number of furan rings is 1. The monoisotopic (exact) mass is 359 g/mol. The van der Waals surface area contributed by atoms with Crippen LogP contribution in [0.15, 0.2) is 76.5 Å². The summed E-state index contributed by atoms with van der Waals surface area (Å²) in [6.07, 6.45) is 4.74. The molecule has 1 aliphatic heterocycles. The summed E-state index contributed by atoms with van der Waals surface area (Å²) in [6, 6.07) is 15.6. The van der Waals surface area contributed by atoms with Crippen LogP contribution in [0.4, 0.5) is 5.82 Å². The molecule has 0 spiro atoms. The average Bonchev–Trinajstić information content (AvgIpc) is 3.24. The Hall–Kier alpha value is -3.54. The number of amides is 2. The molecule has 6 nitrogen and oxygen atoms in total. The number of hydrogen-bond donors (Lipinski definition) is 0. The molecule has 134 valence electrons. The van der Waals surface area contributed by atoms with Crippen molar-refractivity contribution < 1.29 is 14.0 Å². The lowest BCUT2D eigenvalue weighted by Gasteiger charge is -2.30. The maximum atomic E-state index is 13.1. The molecule has 0 aliphatic carbocycles. The Kier molecular flexibility index (Phi) is 4.38. The number of aliphatic imine (C=N–C) groups is 1. The van der Waals surface area contributed by atoms with Crippen molar-refractivity contribution in [3.05, 3.63) is 83.9 Å². The minimum absolute atomic E-state index is 0.235. The van der Waals surface area contributed by atoms with Gasteiger partial charge >= 0.3 is 0 Å². The van der Waals surface area contributed by atoms with Crippen LogP contribution in [0.2, 0.25) is 0 Å². The molecule has 0 fully saturated rings. The fourth-order valence-electron chi connectivity index (χ4n) is 3.12. The number of anilines is 1. The van der Waals surface area contributed by atoms with E-state index in [1.807, 2.05) is 19.1 Å². The van der Waals surface area contributed by atoms with Gasteiger partial charge in [-0.2, -0.15) is 0 Å². The number of nitrogens with zero attached hydrogens (tertiary/aromatic N) is 3. The molecule has 0 saturated heterocycles. The summed E-state index contributed by atoms with van der Waals surface area (Å²) in [6.45, 7) is 1.89. The zero-order valence-electron chi connectivity index (χ0n) is 14.6. The minimum atomic E-state index is -0.668. The van der Waals surface area contributed by atoms with Gasteiger partial charge < -0.3 is 4.42 Å². The normalized spacial score (nSPS) is 18.0. The van der Waals surface area contributed by atoms with Gasteiger partial charge in [-0.05, 0) is 42.8 Å². The van der Waals surface area contributed by atoms with Gasteiger partial charge in [0.25, 0.3) is 5.91 Å². The van der Waals surface area contributed by atoms with Crippen molar-refractivity contribution in [3.63, 3.8) is 0 Å². The van der Waals surface area contributed by atoms with Crippen LogP contribution in [-0.2, 0) is 4.79 Å². The first-order valence-corrected chi connectivity index (χ1v) is 8.62. The van der Waals surface area contributed by atoms with Gasteiger partial charge in [0.05, 0.1) is 12.2 Å². The summed E-state index contributed by atoms with van der Waals surface area (Å²) in [5.74, 6) is -0.399. The van der Waals surface area contributed by atoms with Crippen LogP contribution in [-0.4, -0.2) is 23.0 Å². The fourth-order valence-corrected chi connectivity index (χ4v) is 3.12. The average molecular weight is 359 g/mol. The second-order valence-corrected chi connectivity index (χ2v) is 6.22. The maximum Gasteiger partial charge on any atom is 0.266 e. The van der Waals surface area contributed by atoms with Gasteiger partial charge in [0.2, 0.25) is 5.91 Å². The summed E-state index contributed by atoms with van der Waals surface area (Å²) in [4.78, 5) is 35.8. The van der Waals surface area contributed by atoms with E-state index in [0.29, 0.717) is 22.7 Å². The number of rotatable bonds is 4. The highest BCUT2D eigenvalue weighted by atomic mass is 16.3. The molecule has 27 heavy (non-hydrogen) atoms. The highest BCUT2D eigenvalue weighted by Gasteiger charge is 2.39. The lowest BCUT2D eigenvalue weighted by molar-refractivity contribution is -0.118. The van der Waals surface area contributed by atoms with Crippen LogP contribution in [0, 0.1) is 0 Å². The third-order valence-electron chi connectivity index (χ3n) is 4.51. The molecule has 2 atom stereocenters. The largest absolute Gasteiger partial charge is 0.467 e. The molecule has 0 radical (unpaired) electrons. The number of pyridine rings is 1. The van der Waals surface area contributed by atoms with Crippen molar-refractivity contribution in [2.75, 3.05) is 4.90 Å². The Morgan fingerprint density at radius 1 is 1.11 bits per heavy atom. The van der Waals surface area contributed by atoms with E-state index in [0.717, 1.165) is 4.90 Å². The van der Waals surface area contributed by atoms with E-state index in [1.165, 1.54) is 0 Å². The number of fused-ring (bicyclic) bond motifs is 1. The molecule has 1 unspecified atom stereocenters. The predicted octanol–water partition coefficient (Wildman–Crippen LogP) is 3.78. The molecule has 1 aromatic carbocycles. The highest BCUT2D eigenvalue weighted by Crippen LogP contribution is 2.31. The quantitative estimate of drug-likeness (QED) is 0.525. The zero-order chi connectivity index (χ0) is 18.8. The van der Waals surface area contributed by atoms with Crippen molar-refractivity contribution in [2.45, 2.75) is 18.9 Å². The summed E-state index contributed by atoms with van der Waals surface area (Å²) in [7, 11) is 0. The molecule has 1 aliphatic rings. The summed E-state index contributed by atoms with van der Waals surface area (Å²) in [5, 5.41) is 0. The predicted molar refractivity (Wildman–Crippen MR) is 101 cm³/mol. The third kappa shape index (κ3) is 3.06. The molecule has 4 rings (SSSR count). The Labute approximate surface area is 156 Å². The van der Waals surface area contributed by atoms with Crippen LogP contribution in [0.5, 0.6) is 0 Å². The molecule has 0 N–H and O–H groups in total. The molecule has 0 bridgehead atoms. The van der Waals surface area contributed by atoms with Crippen LogP contribution in [0.3, 0.4) is 0 Å². The number of benzene rings is 1. The maximum absolute atomic E-state index is 13.1. The van der Waals surface area contributed by atoms with Gasteiger partial charge in [0.15, 0.2) is 0 Å². The number of hydrogen-bond acceptors (Lipinski definition) is 5. The van der Waals surface area contributed by atoms with Gasteiger partial charge in [-0.25, -0.2) is 9.88 Å². The van der Waals surface area contributed by atoms with Gasteiger partial charge in [-0.3, -0.25) is 14.6 Å². The highest BCUT2D eigenvalue weighted by molar-refractivity contribution is 6.28. The zero-order valence-corrected chi connectivity index (χ0v) is 14.6. The molecule has 0 saturated carbocycles. The lowest BCUT2D eigenvalue weighted by Crippen LogP contribution is -2.46. The molecule has 2 aromatic heterocycles. The van der Waals surface area contributed by atoms with Gasteiger partial charge in [0, 0.05) is 18.0 Å². The Balaban J connectivity index is 1.74. The van der Waals surface area contributed by atoms with Gasteiger partial charge in [0.1, 0.15) is 17.6 Å². The second kappa shape index (κ2) is 6.99. The molecule has 2 amide bonds. The molecular weight excluding hydrogens is 342 g/mol. The second-order valence-electron chi connectivity index (χ2n) is 6.22. The number of aromatic nitrogens is 1. The van der Waals surface area contributed by atoms with Crippen LogP contribution in [0.25, 0.3) is 0 Å². The van der Waals surface area contributed by atoms with E-state index in [4.69, 9.17) is 4.42 Å². The molecular formula is C21H17N3O3. The lowest BCUT2D eigenvalue weighted by atomic mass is 9.89.